The Labute approximate surface area is 86.1 Å². The van der Waals surface area contributed by atoms with E-state index in [0.29, 0.717) is 12.1 Å². The molecule has 0 unspecified atom stereocenters. The molecule has 0 aromatic heterocycles. The number of hydrogen-bond acceptors (Lipinski definition) is 1. The van der Waals surface area contributed by atoms with Crippen molar-refractivity contribution < 1.29 is 13.2 Å². The zero-order valence-electron chi connectivity index (χ0n) is 8.52. The molecule has 2 N–H and O–H groups in total. The predicted octanol–water partition coefficient (Wildman–Crippen LogP) is 2.55. The molecule has 0 bridgehead atoms. The van der Waals surface area contributed by atoms with Crippen molar-refractivity contribution >= 4 is 0 Å². The van der Waals surface area contributed by atoms with Gasteiger partial charge < -0.3 is 5.73 Å². The lowest BCUT2D eigenvalue weighted by molar-refractivity contribution is 0.508. The summed E-state index contributed by atoms with van der Waals surface area (Å²) in [6, 6.07) is 1.12. The second-order valence-electron chi connectivity index (χ2n) is 4.61. The molecule has 2 rings (SSSR count). The summed E-state index contributed by atoms with van der Waals surface area (Å²) < 4.78 is 39.4. The minimum Gasteiger partial charge on any atom is -0.327 e. The third-order valence-corrected chi connectivity index (χ3v) is 3.27. The average molecular weight is 215 g/mol. The van der Waals surface area contributed by atoms with Gasteiger partial charge in [-0.3, -0.25) is 0 Å². The zero-order chi connectivity index (χ0) is 11.4. The largest absolute Gasteiger partial charge is 0.327 e. The lowest BCUT2D eigenvalue weighted by atomic mass is 10.0. The van der Waals surface area contributed by atoms with E-state index in [1.165, 1.54) is 0 Å². The van der Waals surface area contributed by atoms with Crippen molar-refractivity contribution in [2.75, 3.05) is 0 Å². The molecule has 0 radical (unpaired) electrons. The van der Waals surface area contributed by atoms with Gasteiger partial charge >= 0.3 is 0 Å². The highest BCUT2D eigenvalue weighted by Gasteiger charge is 2.58. The summed E-state index contributed by atoms with van der Waals surface area (Å²) in [5.41, 5.74) is 5.32. The Kier molecular flexibility index (Phi) is 2.08. The third-order valence-electron chi connectivity index (χ3n) is 3.27. The van der Waals surface area contributed by atoms with E-state index in [4.69, 9.17) is 5.73 Å². The third kappa shape index (κ3) is 1.44. The van der Waals surface area contributed by atoms with Gasteiger partial charge in [-0.15, -0.1) is 0 Å². The van der Waals surface area contributed by atoms with Crippen LogP contribution in [0.5, 0.6) is 0 Å². The summed E-state index contributed by atoms with van der Waals surface area (Å²) in [6.07, 6.45) is 0. The maximum absolute atomic E-state index is 13.4. The first-order chi connectivity index (χ1) is 6.85. The van der Waals surface area contributed by atoms with Gasteiger partial charge in [0, 0.05) is 29.7 Å². The lowest BCUT2D eigenvalue weighted by Gasteiger charge is -2.06. The molecule has 82 valence electrons. The number of rotatable bonds is 1. The quantitative estimate of drug-likeness (QED) is 0.765. The molecule has 0 spiro atoms. The summed E-state index contributed by atoms with van der Waals surface area (Å²) in [4.78, 5) is 0. The fourth-order valence-electron chi connectivity index (χ4n) is 2.08. The van der Waals surface area contributed by atoms with Crippen LogP contribution in [0, 0.1) is 22.9 Å². The van der Waals surface area contributed by atoms with Crippen molar-refractivity contribution in [1.82, 2.24) is 0 Å². The predicted molar refractivity (Wildman–Crippen MR) is 50.8 cm³/mol. The minimum absolute atomic E-state index is 0.0890. The van der Waals surface area contributed by atoms with Gasteiger partial charge in [0.2, 0.25) is 0 Å². The molecule has 1 fully saturated rings. The van der Waals surface area contributed by atoms with Crippen molar-refractivity contribution in [3.8, 4) is 0 Å². The highest BCUT2D eigenvalue weighted by molar-refractivity contribution is 5.36. The van der Waals surface area contributed by atoms with Gasteiger partial charge in [0.15, 0.2) is 0 Å². The van der Waals surface area contributed by atoms with E-state index in [9.17, 15) is 13.2 Å². The molecule has 1 aliphatic rings. The highest BCUT2D eigenvalue weighted by Crippen LogP contribution is 2.58. The van der Waals surface area contributed by atoms with Gasteiger partial charge in [-0.2, -0.15) is 0 Å². The molecule has 2 atom stereocenters. The molecule has 0 heterocycles. The first kappa shape index (κ1) is 10.5. The number of hydrogen-bond donors (Lipinski definition) is 1. The Hall–Kier alpha value is -1.03. The molecule has 0 saturated heterocycles. The van der Waals surface area contributed by atoms with E-state index in [1.54, 1.807) is 0 Å². The fourth-order valence-corrected chi connectivity index (χ4v) is 2.08. The van der Waals surface area contributed by atoms with Crippen LogP contribution in [-0.2, 0) is 0 Å². The molecule has 1 saturated carbocycles. The molecule has 0 aliphatic heterocycles. The number of benzene rings is 1. The Morgan fingerprint density at radius 1 is 1.13 bits per heavy atom. The Morgan fingerprint density at radius 2 is 1.53 bits per heavy atom. The van der Waals surface area contributed by atoms with Crippen LogP contribution in [0.3, 0.4) is 0 Å². The topological polar surface area (TPSA) is 26.0 Å². The van der Waals surface area contributed by atoms with Crippen molar-refractivity contribution in [3.05, 3.63) is 35.1 Å². The van der Waals surface area contributed by atoms with Crippen LogP contribution in [0.4, 0.5) is 13.2 Å². The summed E-state index contributed by atoms with van der Waals surface area (Å²) in [6.45, 7) is 3.68. The van der Waals surface area contributed by atoms with E-state index in [0.717, 1.165) is 0 Å². The fraction of sp³-hybridized carbons (Fsp3) is 0.455. The average Bonchev–Trinajstić information content (AvgIpc) is 2.53. The van der Waals surface area contributed by atoms with Gasteiger partial charge in [-0.05, 0) is 5.41 Å². The minimum atomic E-state index is -0.902. The Balaban J connectivity index is 2.47. The second-order valence-corrected chi connectivity index (χ2v) is 4.61. The lowest BCUT2D eigenvalue weighted by Crippen LogP contribution is -2.07. The standard InChI is InChI=1S/C11H12F3N/c1-11(2)9(10(11)15)8-6(13)3-5(12)4-7(8)14/h3-4,9-10H,15H2,1-2H3/t9-,10-/m1/s1. The molecular weight excluding hydrogens is 203 g/mol. The highest BCUT2D eigenvalue weighted by atomic mass is 19.1. The molecule has 1 nitrogen and oxygen atoms in total. The molecule has 1 aliphatic carbocycles. The van der Waals surface area contributed by atoms with Crippen LogP contribution >= 0.6 is 0 Å². The van der Waals surface area contributed by atoms with E-state index in [-0.39, 0.29) is 22.9 Å². The zero-order valence-corrected chi connectivity index (χ0v) is 8.52. The van der Waals surface area contributed by atoms with Crippen LogP contribution in [-0.4, -0.2) is 6.04 Å². The Bertz CT molecular complexity index is 391. The van der Waals surface area contributed by atoms with Crippen LogP contribution < -0.4 is 5.73 Å². The van der Waals surface area contributed by atoms with E-state index >= 15 is 0 Å². The molecule has 0 amide bonds. The smallest absolute Gasteiger partial charge is 0.132 e. The summed E-state index contributed by atoms with van der Waals surface area (Å²) in [5, 5.41) is 0. The van der Waals surface area contributed by atoms with Crippen molar-refractivity contribution in [1.29, 1.82) is 0 Å². The van der Waals surface area contributed by atoms with Crippen molar-refractivity contribution in [3.63, 3.8) is 0 Å². The van der Waals surface area contributed by atoms with Crippen molar-refractivity contribution in [2.45, 2.75) is 25.8 Å². The first-order valence-electron chi connectivity index (χ1n) is 4.75. The first-order valence-corrected chi connectivity index (χ1v) is 4.75. The van der Waals surface area contributed by atoms with E-state index in [2.05, 4.69) is 0 Å². The molecule has 1 aromatic carbocycles. The van der Waals surface area contributed by atoms with Crippen LogP contribution in [0.25, 0.3) is 0 Å². The van der Waals surface area contributed by atoms with E-state index < -0.39 is 17.5 Å². The normalized spacial score (nSPS) is 27.9. The summed E-state index contributed by atoms with van der Waals surface area (Å²) >= 11 is 0. The summed E-state index contributed by atoms with van der Waals surface area (Å²) in [5.74, 6) is -2.96. The molecular formula is C11H12F3N. The summed E-state index contributed by atoms with van der Waals surface area (Å²) in [7, 11) is 0. The maximum Gasteiger partial charge on any atom is 0.132 e. The number of nitrogens with two attached hydrogens (primary N) is 1. The van der Waals surface area contributed by atoms with Gasteiger partial charge in [0.05, 0.1) is 0 Å². The monoisotopic (exact) mass is 215 g/mol. The number of halogens is 3. The van der Waals surface area contributed by atoms with Crippen LogP contribution in [0.15, 0.2) is 12.1 Å². The van der Waals surface area contributed by atoms with Gasteiger partial charge in [-0.1, -0.05) is 13.8 Å². The van der Waals surface area contributed by atoms with Crippen molar-refractivity contribution in [2.24, 2.45) is 11.1 Å². The molecule has 1 aromatic rings. The Morgan fingerprint density at radius 3 is 1.87 bits per heavy atom. The second kappa shape index (κ2) is 2.98. The molecule has 4 heteroatoms. The van der Waals surface area contributed by atoms with Gasteiger partial charge in [-0.25, -0.2) is 13.2 Å². The van der Waals surface area contributed by atoms with Crippen LogP contribution in [0.1, 0.15) is 25.3 Å². The van der Waals surface area contributed by atoms with Crippen LogP contribution in [0.2, 0.25) is 0 Å². The maximum atomic E-state index is 13.4. The van der Waals surface area contributed by atoms with Gasteiger partial charge in [0.1, 0.15) is 17.5 Å². The SMILES string of the molecule is CC1(C)[C@H](N)[C@H]1c1c(F)cc(F)cc1F. The molecule has 15 heavy (non-hydrogen) atoms. The van der Waals surface area contributed by atoms with E-state index in [1.807, 2.05) is 13.8 Å². The van der Waals surface area contributed by atoms with Gasteiger partial charge in [0.25, 0.3) is 0 Å².